The second kappa shape index (κ2) is 8.54. The fourth-order valence-corrected chi connectivity index (χ4v) is 2.87. The fraction of sp³-hybridized carbons (Fsp3) is 0.273. The zero-order valence-corrected chi connectivity index (χ0v) is 16.3. The predicted molar refractivity (Wildman–Crippen MR) is 110 cm³/mol. The zero-order valence-electron chi connectivity index (χ0n) is 16.3. The van der Waals surface area contributed by atoms with Crippen LogP contribution in [-0.2, 0) is 13.1 Å². The van der Waals surface area contributed by atoms with Gasteiger partial charge in [-0.1, -0.05) is 48.0 Å². The van der Waals surface area contributed by atoms with Crippen molar-refractivity contribution in [3.63, 3.8) is 0 Å². The Hall–Kier alpha value is -3.08. The maximum atomic E-state index is 5.59. The number of aromatic nitrogens is 1. The van der Waals surface area contributed by atoms with Crippen LogP contribution in [-0.4, -0.2) is 18.0 Å². The summed E-state index contributed by atoms with van der Waals surface area (Å²) < 4.78 is 5.59. The van der Waals surface area contributed by atoms with E-state index in [1.165, 1.54) is 22.3 Å². The van der Waals surface area contributed by atoms with Crippen molar-refractivity contribution in [2.24, 2.45) is 4.99 Å². The molecule has 140 valence electrons. The summed E-state index contributed by atoms with van der Waals surface area (Å²) in [7, 11) is 1.75. The van der Waals surface area contributed by atoms with E-state index < -0.39 is 0 Å². The Bertz CT molecular complexity index is 923. The van der Waals surface area contributed by atoms with Crippen molar-refractivity contribution in [1.29, 1.82) is 0 Å². The third-order valence-electron chi connectivity index (χ3n) is 4.44. The number of guanidine groups is 1. The third kappa shape index (κ3) is 4.97. The van der Waals surface area contributed by atoms with Gasteiger partial charge in [-0.2, -0.15) is 0 Å². The second-order valence-corrected chi connectivity index (χ2v) is 6.60. The number of hydrogen-bond acceptors (Lipinski definition) is 3. The maximum Gasteiger partial charge on any atom is 0.214 e. The van der Waals surface area contributed by atoms with Crippen LogP contribution in [0.5, 0.6) is 0 Å². The number of aryl methyl sites for hydroxylation is 3. The average Bonchev–Trinajstić information content (AvgIpc) is 3.00. The Balaban J connectivity index is 1.60. The van der Waals surface area contributed by atoms with Crippen molar-refractivity contribution in [2.75, 3.05) is 7.05 Å². The molecule has 5 nitrogen and oxygen atoms in total. The van der Waals surface area contributed by atoms with Gasteiger partial charge in [0.05, 0.1) is 12.2 Å². The molecule has 0 fully saturated rings. The van der Waals surface area contributed by atoms with Crippen molar-refractivity contribution in [3.8, 4) is 11.1 Å². The molecule has 2 N–H and O–H groups in total. The topological polar surface area (TPSA) is 62.5 Å². The molecular formula is C22H26N4O. The summed E-state index contributed by atoms with van der Waals surface area (Å²) in [5, 5.41) is 6.57. The quantitative estimate of drug-likeness (QED) is 0.529. The second-order valence-electron chi connectivity index (χ2n) is 6.60. The molecule has 3 rings (SSSR count). The monoisotopic (exact) mass is 362 g/mol. The van der Waals surface area contributed by atoms with Crippen LogP contribution in [0.1, 0.15) is 28.5 Å². The van der Waals surface area contributed by atoms with Crippen LogP contribution in [0.4, 0.5) is 0 Å². The van der Waals surface area contributed by atoms with Crippen molar-refractivity contribution >= 4 is 5.96 Å². The van der Waals surface area contributed by atoms with Gasteiger partial charge in [-0.3, -0.25) is 4.99 Å². The first-order valence-corrected chi connectivity index (χ1v) is 9.08. The first-order chi connectivity index (χ1) is 13.0. The molecule has 0 spiro atoms. The predicted octanol–water partition coefficient (Wildman–Crippen LogP) is 4.13. The van der Waals surface area contributed by atoms with E-state index in [2.05, 4.69) is 76.1 Å². The summed E-state index contributed by atoms with van der Waals surface area (Å²) in [4.78, 5) is 8.64. The first-order valence-electron chi connectivity index (χ1n) is 9.08. The molecule has 0 saturated heterocycles. The molecule has 0 radical (unpaired) electrons. The molecule has 0 atom stereocenters. The van der Waals surface area contributed by atoms with E-state index in [4.69, 9.17) is 4.42 Å². The SMILES string of the molecule is CN=C(NCc1cccc(-c2cccc(C)c2)c1)NCc1nc(C)c(C)o1. The molecular weight excluding hydrogens is 336 g/mol. The lowest BCUT2D eigenvalue weighted by Crippen LogP contribution is -2.36. The van der Waals surface area contributed by atoms with Gasteiger partial charge < -0.3 is 15.1 Å². The van der Waals surface area contributed by atoms with Gasteiger partial charge in [0.25, 0.3) is 0 Å². The van der Waals surface area contributed by atoms with Crippen LogP contribution >= 0.6 is 0 Å². The van der Waals surface area contributed by atoms with Gasteiger partial charge in [0.15, 0.2) is 5.96 Å². The normalized spacial score (nSPS) is 11.5. The molecule has 5 heteroatoms. The van der Waals surface area contributed by atoms with E-state index in [1.807, 2.05) is 13.8 Å². The first kappa shape index (κ1) is 18.7. The third-order valence-corrected chi connectivity index (χ3v) is 4.44. The average molecular weight is 362 g/mol. The van der Waals surface area contributed by atoms with E-state index in [0.717, 1.165) is 11.5 Å². The highest BCUT2D eigenvalue weighted by Gasteiger charge is 2.07. The van der Waals surface area contributed by atoms with E-state index in [0.29, 0.717) is 24.9 Å². The van der Waals surface area contributed by atoms with Gasteiger partial charge in [0, 0.05) is 13.6 Å². The van der Waals surface area contributed by atoms with Crippen LogP contribution in [0.15, 0.2) is 57.9 Å². The Morgan fingerprint density at radius 2 is 1.67 bits per heavy atom. The summed E-state index contributed by atoms with van der Waals surface area (Å²) in [5.74, 6) is 2.22. The number of hydrogen-bond donors (Lipinski definition) is 2. The van der Waals surface area contributed by atoms with E-state index in [1.54, 1.807) is 7.05 Å². The highest BCUT2D eigenvalue weighted by atomic mass is 16.4. The number of oxazole rings is 1. The molecule has 0 saturated carbocycles. The lowest BCUT2D eigenvalue weighted by atomic mass is 10.0. The maximum absolute atomic E-state index is 5.59. The smallest absolute Gasteiger partial charge is 0.214 e. The van der Waals surface area contributed by atoms with E-state index >= 15 is 0 Å². The summed E-state index contributed by atoms with van der Waals surface area (Å²) in [6.07, 6.45) is 0. The Morgan fingerprint density at radius 3 is 2.33 bits per heavy atom. The summed E-state index contributed by atoms with van der Waals surface area (Å²) in [5.41, 5.74) is 5.82. The van der Waals surface area contributed by atoms with Crippen molar-refractivity contribution < 1.29 is 4.42 Å². The van der Waals surface area contributed by atoms with Crippen LogP contribution < -0.4 is 10.6 Å². The van der Waals surface area contributed by atoms with Crippen LogP contribution in [0.3, 0.4) is 0 Å². The number of aliphatic imine (C=N–C) groups is 1. The van der Waals surface area contributed by atoms with Gasteiger partial charge >= 0.3 is 0 Å². The summed E-state index contributed by atoms with van der Waals surface area (Å²) in [6.45, 7) is 7.15. The van der Waals surface area contributed by atoms with E-state index in [9.17, 15) is 0 Å². The highest BCUT2D eigenvalue weighted by Crippen LogP contribution is 2.21. The lowest BCUT2D eigenvalue weighted by Gasteiger charge is -2.12. The Morgan fingerprint density at radius 1 is 0.963 bits per heavy atom. The summed E-state index contributed by atoms with van der Waals surface area (Å²) >= 11 is 0. The van der Waals surface area contributed by atoms with Crippen molar-refractivity contribution in [3.05, 3.63) is 77.0 Å². The standard InChI is InChI=1S/C22H26N4O/c1-15-7-5-9-19(11-15)20-10-6-8-18(12-20)13-24-22(23-4)25-14-21-26-16(2)17(3)27-21/h5-12H,13-14H2,1-4H3,(H2,23,24,25). The molecule has 1 heterocycles. The fourth-order valence-electron chi connectivity index (χ4n) is 2.87. The molecule has 1 aromatic heterocycles. The van der Waals surface area contributed by atoms with Crippen LogP contribution in [0.2, 0.25) is 0 Å². The number of nitrogens with zero attached hydrogens (tertiary/aromatic N) is 2. The minimum absolute atomic E-state index is 0.498. The lowest BCUT2D eigenvalue weighted by molar-refractivity contribution is 0.463. The highest BCUT2D eigenvalue weighted by molar-refractivity contribution is 5.79. The molecule has 27 heavy (non-hydrogen) atoms. The summed E-state index contributed by atoms with van der Waals surface area (Å²) in [6, 6.07) is 17.1. The molecule has 0 aliphatic rings. The minimum atomic E-state index is 0.498. The molecule has 0 unspecified atom stereocenters. The van der Waals surface area contributed by atoms with Crippen LogP contribution in [0, 0.1) is 20.8 Å². The molecule has 2 aromatic carbocycles. The largest absolute Gasteiger partial charge is 0.444 e. The van der Waals surface area contributed by atoms with Gasteiger partial charge in [0.2, 0.25) is 5.89 Å². The van der Waals surface area contributed by atoms with Crippen molar-refractivity contribution in [2.45, 2.75) is 33.9 Å². The van der Waals surface area contributed by atoms with E-state index in [-0.39, 0.29) is 0 Å². The molecule has 3 aromatic rings. The minimum Gasteiger partial charge on any atom is -0.444 e. The van der Waals surface area contributed by atoms with Gasteiger partial charge in [-0.25, -0.2) is 4.98 Å². The molecule has 0 aliphatic heterocycles. The molecule has 0 bridgehead atoms. The van der Waals surface area contributed by atoms with Gasteiger partial charge in [-0.15, -0.1) is 0 Å². The van der Waals surface area contributed by atoms with Crippen LogP contribution in [0.25, 0.3) is 11.1 Å². The number of rotatable bonds is 5. The number of benzene rings is 2. The van der Waals surface area contributed by atoms with Gasteiger partial charge in [-0.05, 0) is 43.5 Å². The van der Waals surface area contributed by atoms with Crippen molar-refractivity contribution in [1.82, 2.24) is 15.6 Å². The van der Waals surface area contributed by atoms with Gasteiger partial charge in [0.1, 0.15) is 5.76 Å². The zero-order chi connectivity index (χ0) is 19.2. The Kier molecular flexibility index (Phi) is 5.91. The Labute approximate surface area is 160 Å². The number of nitrogens with one attached hydrogen (secondary N) is 2. The molecule has 0 amide bonds. The molecule has 0 aliphatic carbocycles.